The molecule has 0 saturated carbocycles. The van der Waals surface area contributed by atoms with Gasteiger partial charge in [0.25, 0.3) is 11.8 Å². The van der Waals surface area contributed by atoms with Crippen molar-refractivity contribution in [3.05, 3.63) is 29.3 Å². The molecule has 2 N–H and O–H groups in total. The monoisotopic (exact) mass is 424 g/mol. The molecule has 2 aliphatic heterocycles. The zero-order chi connectivity index (χ0) is 21.3. The molecule has 154 valence electrons. The van der Waals surface area contributed by atoms with Crippen molar-refractivity contribution in [2.75, 3.05) is 19.0 Å². The summed E-state index contributed by atoms with van der Waals surface area (Å²) in [5.41, 5.74) is -0.507. The maximum Gasteiger partial charge on any atom is 0.329 e. The van der Waals surface area contributed by atoms with Crippen molar-refractivity contribution in [1.82, 2.24) is 10.2 Å². The van der Waals surface area contributed by atoms with E-state index >= 15 is 0 Å². The van der Waals surface area contributed by atoms with E-state index in [2.05, 4.69) is 5.32 Å². The van der Waals surface area contributed by atoms with Crippen LogP contribution < -0.4 is 5.32 Å². The van der Waals surface area contributed by atoms with Gasteiger partial charge in [0.15, 0.2) is 9.84 Å². The molecular weight excluding hydrogens is 408 g/mol. The zero-order valence-electron chi connectivity index (χ0n) is 14.9. The van der Waals surface area contributed by atoms with Crippen LogP contribution in [-0.2, 0) is 29.0 Å². The molecule has 1 atom stereocenters. The number of carbonyl (C=O) groups is 5. The lowest BCUT2D eigenvalue weighted by molar-refractivity contribution is -0.142. The Labute approximate surface area is 164 Å². The van der Waals surface area contributed by atoms with Crippen LogP contribution >= 0.6 is 0 Å². The van der Waals surface area contributed by atoms with Gasteiger partial charge < -0.3 is 9.84 Å². The highest BCUT2D eigenvalue weighted by molar-refractivity contribution is 7.91. The number of benzene rings is 1. The fourth-order valence-electron chi connectivity index (χ4n) is 3.18. The molecule has 1 unspecified atom stereocenters. The molecule has 4 amide bonds. The number of sulfone groups is 1. The summed E-state index contributed by atoms with van der Waals surface area (Å²) >= 11 is 0. The number of carboxylic acids is 1. The Morgan fingerprint density at radius 1 is 1.21 bits per heavy atom. The van der Waals surface area contributed by atoms with Gasteiger partial charge >= 0.3 is 5.97 Å². The lowest BCUT2D eigenvalue weighted by Crippen LogP contribution is -2.54. The molecule has 2 aliphatic rings. The van der Waals surface area contributed by atoms with Gasteiger partial charge in [0.1, 0.15) is 12.6 Å². The average molecular weight is 424 g/mol. The molecule has 29 heavy (non-hydrogen) atoms. The van der Waals surface area contributed by atoms with Crippen LogP contribution in [0.5, 0.6) is 0 Å². The number of fused-ring (bicyclic) bond motifs is 1. The van der Waals surface area contributed by atoms with E-state index in [9.17, 15) is 32.4 Å². The van der Waals surface area contributed by atoms with Crippen molar-refractivity contribution >= 4 is 39.4 Å². The van der Waals surface area contributed by atoms with E-state index in [1.807, 2.05) is 0 Å². The minimum Gasteiger partial charge on any atom is -0.480 e. The summed E-state index contributed by atoms with van der Waals surface area (Å²) in [5, 5.41) is 10.6. The van der Waals surface area contributed by atoms with E-state index in [0.717, 1.165) is 6.07 Å². The SMILES string of the molecule is O=C(O)COCCS(=O)(=O)c1cccc2c1C(=O)N(C1CCC(=O)NC1=O)C2=O. The summed E-state index contributed by atoms with van der Waals surface area (Å²) in [7, 11) is -4.09. The van der Waals surface area contributed by atoms with E-state index in [4.69, 9.17) is 9.84 Å². The number of hydrogen-bond donors (Lipinski definition) is 2. The van der Waals surface area contributed by atoms with Gasteiger partial charge in [0.05, 0.1) is 28.4 Å². The standard InChI is InChI=1S/C17H16N2O9S/c20-12-5-4-10(15(23)18-12)19-16(24)9-2-1-3-11(14(9)17(19)25)29(26,27)7-6-28-8-13(21)22/h1-3,10H,4-8H2,(H,21,22)(H,18,20,23). The molecule has 0 spiro atoms. The number of nitrogens with one attached hydrogen (secondary N) is 1. The molecule has 1 aromatic carbocycles. The Morgan fingerprint density at radius 3 is 2.59 bits per heavy atom. The van der Waals surface area contributed by atoms with Crippen LogP contribution in [0.1, 0.15) is 33.6 Å². The predicted molar refractivity (Wildman–Crippen MR) is 93.6 cm³/mol. The molecule has 2 heterocycles. The maximum absolute atomic E-state index is 12.9. The summed E-state index contributed by atoms with van der Waals surface area (Å²) in [6, 6.07) is 2.52. The largest absolute Gasteiger partial charge is 0.480 e. The fraction of sp³-hybridized carbons (Fsp3) is 0.353. The highest BCUT2D eigenvalue weighted by atomic mass is 32.2. The predicted octanol–water partition coefficient (Wildman–Crippen LogP) is -1.04. The van der Waals surface area contributed by atoms with Crippen molar-refractivity contribution < 1.29 is 42.2 Å². The molecule has 0 aromatic heterocycles. The molecule has 0 aliphatic carbocycles. The molecule has 1 saturated heterocycles. The Bertz CT molecular complexity index is 1030. The van der Waals surface area contributed by atoms with Crippen molar-refractivity contribution in [1.29, 1.82) is 0 Å². The van der Waals surface area contributed by atoms with Gasteiger partial charge in [-0.2, -0.15) is 0 Å². The number of hydrogen-bond acceptors (Lipinski definition) is 8. The normalized spacial score (nSPS) is 19.3. The third kappa shape index (κ3) is 3.89. The van der Waals surface area contributed by atoms with Crippen molar-refractivity contribution in [2.45, 2.75) is 23.8 Å². The fourth-order valence-corrected chi connectivity index (χ4v) is 4.53. The molecule has 0 bridgehead atoms. The van der Waals surface area contributed by atoms with Crippen molar-refractivity contribution in [3.63, 3.8) is 0 Å². The minimum atomic E-state index is -4.09. The van der Waals surface area contributed by atoms with Gasteiger partial charge in [-0.3, -0.25) is 29.4 Å². The Kier molecular flexibility index (Phi) is 5.48. The molecule has 12 heteroatoms. The van der Waals surface area contributed by atoms with Gasteiger partial charge in [-0.05, 0) is 18.6 Å². The quantitative estimate of drug-likeness (QED) is 0.411. The zero-order valence-corrected chi connectivity index (χ0v) is 15.7. The number of ether oxygens (including phenoxy) is 1. The van der Waals surface area contributed by atoms with E-state index in [0.29, 0.717) is 4.90 Å². The summed E-state index contributed by atoms with van der Waals surface area (Å²) in [6.07, 6.45) is -0.114. The van der Waals surface area contributed by atoms with E-state index < -0.39 is 69.3 Å². The topological polar surface area (TPSA) is 164 Å². The van der Waals surface area contributed by atoms with Crippen LogP contribution in [0.15, 0.2) is 23.1 Å². The summed E-state index contributed by atoms with van der Waals surface area (Å²) in [4.78, 5) is 59.7. The van der Waals surface area contributed by atoms with Gasteiger partial charge in [-0.1, -0.05) is 6.07 Å². The first-order valence-corrected chi connectivity index (χ1v) is 10.2. The third-order valence-electron chi connectivity index (χ3n) is 4.49. The first-order chi connectivity index (χ1) is 13.6. The van der Waals surface area contributed by atoms with Gasteiger partial charge in [0, 0.05) is 6.42 Å². The number of carbonyl (C=O) groups excluding carboxylic acids is 4. The van der Waals surface area contributed by atoms with Crippen LogP contribution in [0.25, 0.3) is 0 Å². The Hall–Kier alpha value is -3.12. The maximum atomic E-state index is 12.9. The summed E-state index contributed by atoms with van der Waals surface area (Å²) in [5.74, 6) is -4.95. The lowest BCUT2D eigenvalue weighted by Gasteiger charge is -2.27. The first-order valence-electron chi connectivity index (χ1n) is 8.50. The van der Waals surface area contributed by atoms with Crippen molar-refractivity contribution in [2.24, 2.45) is 0 Å². The van der Waals surface area contributed by atoms with Gasteiger partial charge in [0.2, 0.25) is 11.8 Å². The second-order valence-electron chi connectivity index (χ2n) is 6.39. The summed E-state index contributed by atoms with van der Waals surface area (Å²) in [6.45, 7) is -1.10. The van der Waals surface area contributed by atoms with Crippen LogP contribution in [0.3, 0.4) is 0 Å². The smallest absolute Gasteiger partial charge is 0.329 e. The molecular formula is C17H16N2O9S. The van der Waals surface area contributed by atoms with E-state index in [1.54, 1.807) is 0 Å². The molecule has 0 radical (unpaired) electrons. The van der Waals surface area contributed by atoms with E-state index in [1.165, 1.54) is 12.1 Å². The number of piperidine rings is 1. The second-order valence-corrected chi connectivity index (χ2v) is 8.47. The van der Waals surface area contributed by atoms with Crippen molar-refractivity contribution in [3.8, 4) is 0 Å². The second kappa shape index (κ2) is 7.72. The number of aliphatic carboxylic acids is 1. The average Bonchev–Trinajstić information content (AvgIpc) is 2.90. The number of amides is 4. The summed E-state index contributed by atoms with van der Waals surface area (Å²) < 4.78 is 30.0. The van der Waals surface area contributed by atoms with Gasteiger partial charge in [-0.25, -0.2) is 13.2 Å². The Morgan fingerprint density at radius 2 is 1.93 bits per heavy atom. The molecule has 1 fully saturated rings. The number of rotatable bonds is 7. The number of nitrogens with zero attached hydrogens (tertiary/aromatic N) is 1. The first kappa shape index (κ1) is 20.6. The van der Waals surface area contributed by atoms with E-state index in [-0.39, 0.29) is 24.0 Å². The molecule has 11 nitrogen and oxygen atoms in total. The van der Waals surface area contributed by atoms with Gasteiger partial charge in [-0.15, -0.1) is 0 Å². The Balaban J connectivity index is 1.89. The molecule has 1 aromatic rings. The van der Waals surface area contributed by atoms with Crippen LogP contribution in [-0.4, -0.2) is 73.0 Å². The number of carboxylic acid groups (broad SMARTS) is 1. The number of imide groups is 2. The lowest BCUT2D eigenvalue weighted by atomic mass is 10.0. The molecule has 3 rings (SSSR count). The van der Waals surface area contributed by atoms with Crippen LogP contribution in [0, 0.1) is 0 Å². The third-order valence-corrected chi connectivity index (χ3v) is 6.20. The van der Waals surface area contributed by atoms with Crippen LogP contribution in [0.4, 0.5) is 0 Å². The van der Waals surface area contributed by atoms with Crippen LogP contribution in [0.2, 0.25) is 0 Å². The highest BCUT2D eigenvalue weighted by Crippen LogP contribution is 2.32. The highest BCUT2D eigenvalue weighted by Gasteiger charge is 2.46. The minimum absolute atomic E-state index is 0.0543.